The Hall–Kier alpha value is -2.68. The number of carbonyl (C=O) groups is 1. The van der Waals surface area contributed by atoms with Gasteiger partial charge < -0.3 is 8.92 Å². The van der Waals surface area contributed by atoms with Crippen molar-refractivity contribution in [1.29, 1.82) is 0 Å². The second-order valence-electron chi connectivity index (χ2n) is 4.49. The molecule has 0 saturated heterocycles. The Morgan fingerprint density at radius 2 is 1.88 bits per heavy atom. The number of carbonyl (C=O) groups excluding carboxylic acids is 1. The van der Waals surface area contributed by atoms with Gasteiger partial charge in [-0.05, 0) is 37.3 Å². The van der Waals surface area contributed by atoms with Crippen molar-refractivity contribution in [3.05, 3.63) is 54.1 Å². The van der Waals surface area contributed by atoms with Crippen LogP contribution in [0.1, 0.15) is 6.92 Å². The number of ether oxygens (including phenoxy) is 1. The molecule has 0 aliphatic rings. The summed E-state index contributed by atoms with van der Waals surface area (Å²) in [7, 11) is -4.36. The highest BCUT2D eigenvalue weighted by Gasteiger charge is 2.19. The molecular formula is C15H13F2NO5S. The van der Waals surface area contributed by atoms with E-state index in [-0.39, 0.29) is 18.0 Å². The summed E-state index contributed by atoms with van der Waals surface area (Å²) in [6.07, 6.45) is -0.710. The van der Waals surface area contributed by atoms with E-state index < -0.39 is 32.7 Å². The molecule has 24 heavy (non-hydrogen) atoms. The standard InChI is InChI=1S/C15H13F2NO5S/c1-2-22-15(19)18-10-4-3-5-11(8-10)23-24(20,21)12-6-7-13(16)14(17)9-12/h3-9H,2H2,1H3,(H,18,19). The first-order chi connectivity index (χ1) is 11.3. The molecule has 1 N–H and O–H groups in total. The maximum absolute atomic E-state index is 13.2. The lowest BCUT2D eigenvalue weighted by Crippen LogP contribution is -2.14. The van der Waals surface area contributed by atoms with Gasteiger partial charge in [0, 0.05) is 11.8 Å². The van der Waals surface area contributed by atoms with Gasteiger partial charge in [0.1, 0.15) is 10.6 Å². The highest BCUT2D eigenvalue weighted by molar-refractivity contribution is 7.87. The summed E-state index contributed by atoms with van der Waals surface area (Å²) < 4.78 is 59.8. The van der Waals surface area contributed by atoms with Crippen molar-refractivity contribution >= 4 is 21.9 Å². The molecule has 0 aromatic heterocycles. The van der Waals surface area contributed by atoms with Gasteiger partial charge in [-0.25, -0.2) is 13.6 Å². The predicted octanol–water partition coefficient (Wildman–Crippen LogP) is 3.30. The van der Waals surface area contributed by atoms with Crippen LogP contribution in [-0.4, -0.2) is 21.1 Å². The van der Waals surface area contributed by atoms with E-state index >= 15 is 0 Å². The van der Waals surface area contributed by atoms with Crippen molar-refractivity contribution in [3.63, 3.8) is 0 Å². The molecule has 0 heterocycles. The highest BCUT2D eigenvalue weighted by Crippen LogP contribution is 2.23. The number of halogens is 2. The summed E-state index contributed by atoms with van der Waals surface area (Å²) in [6, 6.07) is 7.60. The molecule has 0 spiro atoms. The van der Waals surface area contributed by atoms with Crippen molar-refractivity contribution in [2.75, 3.05) is 11.9 Å². The Kier molecular flexibility index (Phi) is 5.35. The molecule has 0 unspecified atom stereocenters. The summed E-state index contributed by atoms with van der Waals surface area (Å²) in [4.78, 5) is 10.8. The molecule has 0 atom stereocenters. The largest absolute Gasteiger partial charge is 0.450 e. The van der Waals surface area contributed by atoms with E-state index in [9.17, 15) is 22.0 Å². The molecule has 0 bridgehead atoms. The average Bonchev–Trinajstić information content (AvgIpc) is 2.50. The Balaban J connectivity index is 2.20. The van der Waals surface area contributed by atoms with Crippen molar-refractivity contribution in [2.45, 2.75) is 11.8 Å². The van der Waals surface area contributed by atoms with Crippen LogP contribution in [0, 0.1) is 11.6 Å². The first-order valence-electron chi connectivity index (χ1n) is 6.75. The monoisotopic (exact) mass is 357 g/mol. The molecule has 2 aromatic rings. The predicted molar refractivity (Wildman–Crippen MR) is 81.3 cm³/mol. The fraction of sp³-hybridized carbons (Fsp3) is 0.133. The van der Waals surface area contributed by atoms with Gasteiger partial charge in [0.2, 0.25) is 0 Å². The van der Waals surface area contributed by atoms with E-state index in [0.717, 1.165) is 6.07 Å². The molecule has 0 saturated carbocycles. The van der Waals surface area contributed by atoms with E-state index in [0.29, 0.717) is 12.1 Å². The Morgan fingerprint density at radius 3 is 2.54 bits per heavy atom. The zero-order valence-electron chi connectivity index (χ0n) is 12.5. The number of hydrogen-bond acceptors (Lipinski definition) is 5. The van der Waals surface area contributed by atoms with Gasteiger partial charge in [0.25, 0.3) is 0 Å². The average molecular weight is 357 g/mol. The summed E-state index contributed by atoms with van der Waals surface area (Å²) >= 11 is 0. The molecule has 2 rings (SSSR count). The maximum atomic E-state index is 13.2. The van der Waals surface area contributed by atoms with E-state index in [4.69, 9.17) is 8.92 Å². The van der Waals surface area contributed by atoms with Crippen molar-refractivity contribution < 1.29 is 30.9 Å². The molecule has 128 valence electrons. The van der Waals surface area contributed by atoms with Crippen LogP contribution in [0.4, 0.5) is 19.3 Å². The van der Waals surface area contributed by atoms with Crippen LogP contribution >= 0.6 is 0 Å². The van der Waals surface area contributed by atoms with Crippen LogP contribution in [0.3, 0.4) is 0 Å². The lowest BCUT2D eigenvalue weighted by molar-refractivity contribution is 0.168. The van der Waals surface area contributed by atoms with Crippen LogP contribution < -0.4 is 9.50 Å². The number of nitrogens with one attached hydrogen (secondary N) is 1. The van der Waals surface area contributed by atoms with Crippen LogP contribution in [0.15, 0.2) is 47.4 Å². The molecule has 0 radical (unpaired) electrons. The Morgan fingerprint density at radius 1 is 1.12 bits per heavy atom. The topological polar surface area (TPSA) is 81.7 Å². The maximum Gasteiger partial charge on any atom is 0.411 e. The number of anilines is 1. The van der Waals surface area contributed by atoms with Crippen LogP contribution in [0.2, 0.25) is 0 Å². The first kappa shape index (κ1) is 17.7. The van der Waals surface area contributed by atoms with Gasteiger partial charge >= 0.3 is 16.2 Å². The van der Waals surface area contributed by atoms with Crippen LogP contribution in [0.25, 0.3) is 0 Å². The van der Waals surface area contributed by atoms with E-state index in [2.05, 4.69) is 5.32 Å². The Bertz CT molecular complexity index is 855. The zero-order valence-corrected chi connectivity index (χ0v) is 13.3. The quantitative estimate of drug-likeness (QED) is 0.831. The highest BCUT2D eigenvalue weighted by atomic mass is 32.2. The SMILES string of the molecule is CCOC(=O)Nc1cccc(OS(=O)(=O)c2ccc(F)c(F)c2)c1. The zero-order chi connectivity index (χ0) is 17.7. The Labute approximate surface area is 137 Å². The van der Waals surface area contributed by atoms with Crippen molar-refractivity contribution in [3.8, 4) is 5.75 Å². The molecule has 9 heteroatoms. The minimum atomic E-state index is -4.36. The molecular weight excluding hydrogens is 344 g/mol. The third-order valence-corrected chi connectivity index (χ3v) is 3.98. The second kappa shape index (κ2) is 7.26. The summed E-state index contributed by atoms with van der Waals surface area (Å²) in [5.74, 6) is -2.60. The lowest BCUT2D eigenvalue weighted by atomic mass is 10.3. The lowest BCUT2D eigenvalue weighted by Gasteiger charge is -2.09. The van der Waals surface area contributed by atoms with E-state index in [1.807, 2.05) is 0 Å². The molecule has 2 aromatic carbocycles. The smallest absolute Gasteiger partial charge is 0.411 e. The van der Waals surface area contributed by atoms with Gasteiger partial charge in [-0.1, -0.05) is 6.07 Å². The normalized spacial score (nSPS) is 11.0. The number of amides is 1. The summed E-state index contributed by atoms with van der Waals surface area (Å²) in [6.45, 7) is 1.81. The van der Waals surface area contributed by atoms with Crippen LogP contribution in [-0.2, 0) is 14.9 Å². The van der Waals surface area contributed by atoms with E-state index in [1.54, 1.807) is 6.92 Å². The third kappa shape index (κ3) is 4.42. The minimum absolute atomic E-state index is 0.117. The van der Waals surface area contributed by atoms with Crippen LogP contribution in [0.5, 0.6) is 5.75 Å². The molecule has 1 amide bonds. The minimum Gasteiger partial charge on any atom is -0.450 e. The fourth-order valence-corrected chi connectivity index (χ4v) is 2.65. The van der Waals surface area contributed by atoms with Gasteiger partial charge in [-0.15, -0.1) is 0 Å². The van der Waals surface area contributed by atoms with Gasteiger partial charge in [0.05, 0.1) is 6.61 Å². The number of rotatable bonds is 5. The van der Waals surface area contributed by atoms with Gasteiger partial charge in [0.15, 0.2) is 11.6 Å². The fourth-order valence-electron chi connectivity index (χ4n) is 1.72. The molecule has 0 aliphatic heterocycles. The van der Waals surface area contributed by atoms with Gasteiger partial charge in [-0.2, -0.15) is 8.42 Å². The van der Waals surface area contributed by atoms with E-state index in [1.165, 1.54) is 24.3 Å². The summed E-state index contributed by atoms with van der Waals surface area (Å²) in [5, 5.41) is 2.38. The molecule has 0 fully saturated rings. The third-order valence-electron chi connectivity index (χ3n) is 2.74. The van der Waals surface area contributed by atoms with Crippen molar-refractivity contribution in [2.24, 2.45) is 0 Å². The van der Waals surface area contributed by atoms with Gasteiger partial charge in [-0.3, -0.25) is 5.32 Å². The van der Waals surface area contributed by atoms with Crippen molar-refractivity contribution in [1.82, 2.24) is 0 Å². The first-order valence-corrected chi connectivity index (χ1v) is 8.16. The second-order valence-corrected chi connectivity index (χ2v) is 6.03. The number of benzene rings is 2. The number of hydrogen-bond donors (Lipinski definition) is 1. The summed E-state index contributed by atoms with van der Waals surface area (Å²) in [5.41, 5.74) is 0.242. The molecule has 6 nitrogen and oxygen atoms in total. The molecule has 0 aliphatic carbocycles.